The number of aliphatic imine (C=N–C) groups is 1. The first kappa shape index (κ1) is 15.7. The maximum atomic E-state index is 11.9. The molecule has 1 heterocycles. The summed E-state index contributed by atoms with van der Waals surface area (Å²) in [5.41, 5.74) is 2.10. The van der Waals surface area contributed by atoms with Crippen LogP contribution in [0.3, 0.4) is 0 Å². The highest BCUT2D eigenvalue weighted by Gasteiger charge is 2.17. The summed E-state index contributed by atoms with van der Waals surface area (Å²) in [6.45, 7) is 0. The Balaban J connectivity index is 2.44. The van der Waals surface area contributed by atoms with Crippen molar-refractivity contribution in [1.29, 1.82) is 5.26 Å². The normalized spacial score (nSPS) is 10.5. The molecule has 0 aliphatic carbocycles. The second-order valence-corrected chi connectivity index (χ2v) is 5.77. The largest absolute Gasteiger partial charge is 0.465 e. The van der Waals surface area contributed by atoms with Crippen LogP contribution in [-0.2, 0) is 4.74 Å². The molecule has 2 aromatic rings. The minimum absolute atomic E-state index is 0.407. The predicted octanol–water partition coefficient (Wildman–Crippen LogP) is 3.29. The van der Waals surface area contributed by atoms with Gasteiger partial charge >= 0.3 is 5.97 Å². The van der Waals surface area contributed by atoms with Gasteiger partial charge in [-0.1, -0.05) is 12.1 Å². The molecule has 5 nitrogen and oxygen atoms in total. The second kappa shape index (κ2) is 6.87. The molecule has 0 radical (unpaired) electrons. The third kappa shape index (κ3) is 3.51. The summed E-state index contributed by atoms with van der Waals surface area (Å²) >= 11 is 1.32. The molecule has 0 N–H and O–H groups in total. The van der Waals surface area contributed by atoms with Crippen LogP contribution in [0.2, 0.25) is 0 Å². The SMILES string of the molecule is COC(=O)c1sc(-c2ccc(C#N)cc2)cc1N=CN(C)C. The molecule has 0 aliphatic rings. The Morgan fingerprint density at radius 3 is 2.59 bits per heavy atom. The van der Waals surface area contributed by atoms with Gasteiger partial charge < -0.3 is 9.64 Å². The van der Waals surface area contributed by atoms with Gasteiger partial charge in [-0.05, 0) is 23.8 Å². The van der Waals surface area contributed by atoms with Crippen molar-refractivity contribution < 1.29 is 9.53 Å². The minimum Gasteiger partial charge on any atom is -0.465 e. The first-order chi connectivity index (χ1) is 10.5. The minimum atomic E-state index is -0.407. The average molecular weight is 313 g/mol. The first-order valence-electron chi connectivity index (χ1n) is 6.48. The molecule has 0 spiro atoms. The Hall–Kier alpha value is -2.65. The third-order valence-corrected chi connectivity index (χ3v) is 3.96. The second-order valence-electron chi connectivity index (χ2n) is 4.71. The monoisotopic (exact) mass is 313 g/mol. The lowest BCUT2D eigenvalue weighted by Crippen LogP contribution is -2.07. The number of methoxy groups -OCH3 is 1. The number of benzene rings is 1. The number of nitrogens with zero attached hydrogens (tertiary/aromatic N) is 3. The number of hydrogen-bond acceptors (Lipinski definition) is 5. The molecular weight excluding hydrogens is 298 g/mol. The molecule has 1 aromatic heterocycles. The van der Waals surface area contributed by atoms with Gasteiger partial charge in [0.2, 0.25) is 0 Å². The van der Waals surface area contributed by atoms with Crippen LogP contribution in [0.1, 0.15) is 15.2 Å². The summed E-state index contributed by atoms with van der Waals surface area (Å²) < 4.78 is 4.81. The number of nitriles is 1. The maximum absolute atomic E-state index is 11.9. The number of carbonyl (C=O) groups excluding carboxylic acids is 1. The highest BCUT2D eigenvalue weighted by Crippen LogP contribution is 2.36. The Bertz CT molecular complexity index is 740. The van der Waals surface area contributed by atoms with Gasteiger partial charge in [0, 0.05) is 19.0 Å². The summed E-state index contributed by atoms with van der Waals surface area (Å²) in [5.74, 6) is -0.407. The topological polar surface area (TPSA) is 65.7 Å². The average Bonchev–Trinajstić information content (AvgIpc) is 2.96. The Morgan fingerprint density at radius 1 is 1.36 bits per heavy atom. The van der Waals surface area contributed by atoms with Crippen molar-refractivity contribution in [3.63, 3.8) is 0 Å². The first-order valence-corrected chi connectivity index (χ1v) is 7.30. The quantitative estimate of drug-likeness (QED) is 0.493. The molecule has 0 atom stereocenters. The van der Waals surface area contributed by atoms with Gasteiger partial charge in [0.15, 0.2) is 0 Å². The molecule has 2 rings (SSSR count). The van der Waals surface area contributed by atoms with Crippen molar-refractivity contribution in [2.45, 2.75) is 0 Å². The molecule has 1 aromatic carbocycles. The van der Waals surface area contributed by atoms with E-state index in [9.17, 15) is 4.79 Å². The van der Waals surface area contributed by atoms with Crippen LogP contribution < -0.4 is 0 Å². The van der Waals surface area contributed by atoms with E-state index in [0.29, 0.717) is 16.1 Å². The molecular formula is C16H15N3O2S. The van der Waals surface area contributed by atoms with E-state index in [1.807, 2.05) is 32.3 Å². The summed E-state index contributed by atoms with van der Waals surface area (Å²) in [6.07, 6.45) is 1.64. The molecule has 0 bridgehead atoms. The molecule has 0 amide bonds. The summed E-state index contributed by atoms with van der Waals surface area (Å²) in [7, 11) is 5.06. The van der Waals surface area contributed by atoms with Crippen LogP contribution in [0.5, 0.6) is 0 Å². The van der Waals surface area contributed by atoms with Crippen LogP contribution >= 0.6 is 11.3 Å². The van der Waals surface area contributed by atoms with Gasteiger partial charge in [-0.3, -0.25) is 0 Å². The van der Waals surface area contributed by atoms with E-state index >= 15 is 0 Å². The van der Waals surface area contributed by atoms with Gasteiger partial charge in [-0.15, -0.1) is 11.3 Å². The molecule has 6 heteroatoms. The van der Waals surface area contributed by atoms with E-state index in [1.54, 1.807) is 23.4 Å². The lowest BCUT2D eigenvalue weighted by molar-refractivity contribution is 0.0607. The molecule has 22 heavy (non-hydrogen) atoms. The number of hydrogen-bond donors (Lipinski definition) is 0. The molecule has 0 saturated heterocycles. The zero-order valence-electron chi connectivity index (χ0n) is 12.5. The van der Waals surface area contributed by atoms with Crippen molar-refractivity contribution in [2.75, 3.05) is 21.2 Å². The van der Waals surface area contributed by atoms with Crippen molar-refractivity contribution in [2.24, 2.45) is 4.99 Å². The Kier molecular flexibility index (Phi) is 4.92. The number of ether oxygens (including phenoxy) is 1. The van der Waals surface area contributed by atoms with E-state index < -0.39 is 5.97 Å². The van der Waals surface area contributed by atoms with Crippen LogP contribution in [0.4, 0.5) is 5.69 Å². The number of esters is 1. The van der Waals surface area contributed by atoms with Crippen molar-refractivity contribution in [3.8, 4) is 16.5 Å². The summed E-state index contributed by atoms with van der Waals surface area (Å²) in [6, 6.07) is 11.1. The zero-order valence-corrected chi connectivity index (χ0v) is 13.3. The smallest absolute Gasteiger partial charge is 0.350 e. The number of thiophene rings is 1. The van der Waals surface area contributed by atoms with E-state index in [0.717, 1.165) is 10.4 Å². The fourth-order valence-electron chi connectivity index (χ4n) is 1.75. The molecule has 0 unspecified atom stereocenters. The van der Waals surface area contributed by atoms with Gasteiger partial charge in [-0.2, -0.15) is 5.26 Å². The van der Waals surface area contributed by atoms with Gasteiger partial charge in [0.1, 0.15) is 4.88 Å². The van der Waals surface area contributed by atoms with Gasteiger partial charge in [-0.25, -0.2) is 9.79 Å². The highest BCUT2D eigenvalue weighted by molar-refractivity contribution is 7.18. The highest BCUT2D eigenvalue weighted by atomic mass is 32.1. The van der Waals surface area contributed by atoms with Crippen molar-refractivity contribution >= 4 is 29.3 Å². The molecule has 112 valence electrons. The van der Waals surface area contributed by atoms with Gasteiger partial charge in [0.25, 0.3) is 0 Å². The van der Waals surface area contributed by atoms with Crippen LogP contribution in [-0.4, -0.2) is 38.4 Å². The van der Waals surface area contributed by atoms with Gasteiger partial charge in [0.05, 0.1) is 30.8 Å². The van der Waals surface area contributed by atoms with E-state index in [4.69, 9.17) is 10.00 Å². The molecule has 0 aliphatic heterocycles. The predicted molar refractivity (Wildman–Crippen MR) is 87.6 cm³/mol. The van der Waals surface area contributed by atoms with E-state index in [-0.39, 0.29) is 0 Å². The Labute approximate surface area is 133 Å². The molecule has 0 fully saturated rings. The van der Waals surface area contributed by atoms with Crippen molar-refractivity contribution in [3.05, 3.63) is 40.8 Å². The number of carbonyl (C=O) groups is 1. The third-order valence-electron chi connectivity index (χ3n) is 2.81. The summed E-state index contributed by atoms with van der Waals surface area (Å²) in [5, 5.41) is 8.84. The van der Waals surface area contributed by atoms with Crippen molar-refractivity contribution in [1.82, 2.24) is 4.90 Å². The fourth-order valence-corrected chi connectivity index (χ4v) is 2.77. The Morgan fingerprint density at radius 2 is 2.05 bits per heavy atom. The standard InChI is InChI=1S/C16H15N3O2S/c1-19(2)10-18-13-8-14(22-15(13)16(20)21-3)12-6-4-11(9-17)5-7-12/h4-8,10H,1-3H3. The lowest BCUT2D eigenvalue weighted by atomic mass is 10.1. The zero-order chi connectivity index (χ0) is 16.1. The van der Waals surface area contributed by atoms with E-state index in [1.165, 1.54) is 18.4 Å². The van der Waals surface area contributed by atoms with E-state index in [2.05, 4.69) is 11.1 Å². The molecule has 0 saturated carbocycles. The maximum Gasteiger partial charge on any atom is 0.350 e. The van der Waals surface area contributed by atoms with Crippen LogP contribution in [0.25, 0.3) is 10.4 Å². The lowest BCUT2D eigenvalue weighted by Gasteiger charge is -2.02. The number of rotatable bonds is 4. The fraction of sp³-hybridized carbons (Fsp3) is 0.188. The summed E-state index contributed by atoms with van der Waals surface area (Å²) in [4.78, 5) is 19.3. The van der Waals surface area contributed by atoms with Crippen LogP contribution in [0.15, 0.2) is 35.3 Å². The van der Waals surface area contributed by atoms with Crippen LogP contribution in [0, 0.1) is 11.3 Å².